The second-order valence-electron chi connectivity index (χ2n) is 9.30. The van der Waals surface area contributed by atoms with E-state index in [-0.39, 0.29) is 23.0 Å². The first-order chi connectivity index (χ1) is 17.1. The van der Waals surface area contributed by atoms with Gasteiger partial charge in [-0.25, -0.2) is 22.0 Å². The highest BCUT2D eigenvalue weighted by Crippen LogP contribution is 2.48. The molecule has 1 fully saturated rings. The van der Waals surface area contributed by atoms with Crippen molar-refractivity contribution in [1.82, 2.24) is 10.1 Å². The third-order valence-electron chi connectivity index (χ3n) is 7.18. The summed E-state index contributed by atoms with van der Waals surface area (Å²) in [5, 5.41) is 6.72. The summed E-state index contributed by atoms with van der Waals surface area (Å²) in [4.78, 5) is 14.6. The average molecular weight is 517 g/mol. The molecule has 2 amide bonds. The number of alkyl halides is 2. The zero-order valence-corrected chi connectivity index (χ0v) is 20.7. The molecular formula is C25H26F2N4O4S. The lowest BCUT2D eigenvalue weighted by atomic mass is 9.74. The molecule has 11 heteroatoms. The topological polar surface area (TPSA) is 95.8 Å². The summed E-state index contributed by atoms with van der Waals surface area (Å²) >= 11 is 0. The minimum absolute atomic E-state index is 0.0324. The van der Waals surface area contributed by atoms with Crippen LogP contribution in [-0.2, 0) is 15.4 Å². The van der Waals surface area contributed by atoms with E-state index in [0.29, 0.717) is 48.8 Å². The van der Waals surface area contributed by atoms with Gasteiger partial charge < -0.3 is 14.7 Å². The van der Waals surface area contributed by atoms with Crippen LogP contribution < -0.4 is 9.62 Å². The van der Waals surface area contributed by atoms with Gasteiger partial charge in [0.25, 0.3) is 16.4 Å². The Labute approximate surface area is 207 Å². The molecule has 190 valence electrons. The van der Waals surface area contributed by atoms with Gasteiger partial charge in [0, 0.05) is 30.6 Å². The number of para-hydroxylation sites is 1. The largest absolute Gasteiger partial charge is 0.359 e. The van der Waals surface area contributed by atoms with Crippen LogP contribution in [0.5, 0.6) is 0 Å². The second kappa shape index (κ2) is 8.88. The van der Waals surface area contributed by atoms with Gasteiger partial charge in [-0.15, -0.1) is 0 Å². The first kappa shape index (κ1) is 24.2. The predicted molar refractivity (Wildman–Crippen MR) is 130 cm³/mol. The fourth-order valence-electron chi connectivity index (χ4n) is 5.12. The van der Waals surface area contributed by atoms with E-state index in [1.165, 1.54) is 16.4 Å². The molecule has 3 aromatic rings. The van der Waals surface area contributed by atoms with Gasteiger partial charge in [0.2, 0.25) is 0 Å². The molecule has 2 aromatic carbocycles. The lowest BCUT2D eigenvalue weighted by Gasteiger charge is -2.39. The number of nitrogens with zero attached hydrogens (tertiary/aromatic N) is 3. The van der Waals surface area contributed by atoms with Crippen molar-refractivity contribution in [2.45, 2.75) is 43.4 Å². The van der Waals surface area contributed by atoms with E-state index in [2.05, 4.69) is 10.5 Å². The highest BCUT2D eigenvalue weighted by Gasteiger charge is 2.48. The summed E-state index contributed by atoms with van der Waals surface area (Å²) in [5.41, 5.74) is 1.98. The van der Waals surface area contributed by atoms with Crippen LogP contribution in [0.2, 0.25) is 0 Å². The number of likely N-dealkylation sites (tertiary alicyclic amines) is 1. The summed E-state index contributed by atoms with van der Waals surface area (Å²) in [6.45, 7) is 4.60. The first-order valence-electron chi connectivity index (χ1n) is 11.6. The van der Waals surface area contributed by atoms with Crippen LogP contribution in [0, 0.1) is 13.8 Å². The first-order valence-corrected chi connectivity index (χ1v) is 13.1. The highest BCUT2D eigenvalue weighted by molar-refractivity contribution is 7.92. The summed E-state index contributed by atoms with van der Waals surface area (Å²) in [6, 6.07) is 11.9. The molecule has 2 aliphatic rings. The Balaban J connectivity index is 1.37. The number of hydrogen-bond donors (Lipinski definition) is 1. The molecule has 1 N–H and O–H groups in total. The van der Waals surface area contributed by atoms with Crippen molar-refractivity contribution >= 4 is 27.4 Å². The van der Waals surface area contributed by atoms with Crippen LogP contribution in [0.25, 0.3) is 0 Å². The summed E-state index contributed by atoms with van der Waals surface area (Å²) in [5.74, 6) is 0.529. The minimum Gasteiger partial charge on any atom is -0.359 e. The van der Waals surface area contributed by atoms with Crippen molar-refractivity contribution in [2.75, 3.05) is 29.3 Å². The molecule has 0 aliphatic carbocycles. The molecule has 1 saturated heterocycles. The lowest BCUT2D eigenvalue weighted by molar-refractivity contribution is 0.151. The number of nitrogens with one attached hydrogen (secondary N) is 1. The normalized spacial score (nSPS) is 17.0. The van der Waals surface area contributed by atoms with Gasteiger partial charge in [-0.2, -0.15) is 0 Å². The lowest BCUT2D eigenvalue weighted by Crippen LogP contribution is -2.49. The molecular weight excluding hydrogens is 490 g/mol. The Bertz CT molecular complexity index is 1380. The van der Waals surface area contributed by atoms with Gasteiger partial charge in [-0.3, -0.25) is 4.31 Å². The summed E-state index contributed by atoms with van der Waals surface area (Å²) < 4.78 is 59.6. The van der Waals surface area contributed by atoms with Crippen molar-refractivity contribution in [3.8, 4) is 0 Å². The van der Waals surface area contributed by atoms with Crippen molar-refractivity contribution in [2.24, 2.45) is 0 Å². The number of aryl methyl sites for hydroxylation is 2. The minimum atomic E-state index is -3.97. The number of amides is 2. The van der Waals surface area contributed by atoms with Crippen molar-refractivity contribution in [1.29, 1.82) is 0 Å². The van der Waals surface area contributed by atoms with Crippen molar-refractivity contribution in [3.63, 3.8) is 0 Å². The van der Waals surface area contributed by atoms with Gasteiger partial charge in [-0.1, -0.05) is 35.5 Å². The van der Waals surface area contributed by atoms with Crippen LogP contribution in [0.1, 0.15) is 41.8 Å². The zero-order valence-electron chi connectivity index (χ0n) is 19.9. The SMILES string of the molecule is Cc1noc(C)c1NC(=O)N1CCC2(CC1)CN(S(=O)(=O)c1ccc(C(F)F)cc1)c1ccccc12. The van der Waals surface area contributed by atoms with Gasteiger partial charge >= 0.3 is 6.03 Å². The van der Waals surface area contributed by atoms with Crippen LogP contribution in [-0.4, -0.2) is 44.1 Å². The number of aromatic nitrogens is 1. The van der Waals surface area contributed by atoms with E-state index in [1.54, 1.807) is 30.9 Å². The fourth-order valence-corrected chi connectivity index (χ4v) is 6.69. The van der Waals surface area contributed by atoms with Gasteiger partial charge in [0.15, 0.2) is 5.76 Å². The number of carbonyl (C=O) groups is 1. The number of hydrogen-bond acceptors (Lipinski definition) is 5. The molecule has 5 rings (SSSR count). The Kier molecular flexibility index (Phi) is 5.98. The molecule has 0 unspecified atom stereocenters. The number of rotatable bonds is 4. The molecule has 8 nitrogen and oxygen atoms in total. The Morgan fingerprint density at radius 2 is 1.75 bits per heavy atom. The monoisotopic (exact) mass is 516 g/mol. The van der Waals surface area contributed by atoms with E-state index in [9.17, 15) is 22.0 Å². The molecule has 36 heavy (non-hydrogen) atoms. The number of piperidine rings is 1. The Morgan fingerprint density at radius 3 is 2.36 bits per heavy atom. The van der Waals surface area contributed by atoms with Crippen LogP contribution in [0.15, 0.2) is 57.9 Å². The van der Waals surface area contributed by atoms with Gasteiger partial charge in [-0.05, 0) is 50.5 Å². The third kappa shape index (κ3) is 4.01. The number of carbonyl (C=O) groups excluding carboxylic acids is 1. The molecule has 0 atom stereocenters. The molecule has 1 spiro atoms. The second-order valence-corrected chi connectivity index (χ2v) is 11.2. The number of sulfonamides is 1. The number of anilines is 2. The van der Waals surface area contributed by atoms with Crippen LogP contribution in [0.3, 0.4) is 0 Å². The molecule has 0 bridgehead atoms. The average Bonchev–Trinajstić information content (AvgIpc) is 3.37. The summed E-state index contributed by atoms with van der Waals surface area (Å²) in [6.07, 6.45) is -1.51. The highest BCUT2D eigenvalue weighted by atomic mass is 32.2. The number of benzene rings is 2. The number of fused-ring (bicyclic) bond motifs is 2. The maximum atomic E-state index is 13.6. The maximum Gasteiger partial charge on any atom is 0.321 e. The van der Waals surface area contributed by atoms with E-state index >= 15 is 0 Å². The summed E-state index contributed by atoms with van der Waals surface area (Å²) in [7, 11) is -3.97. The quantitative estimate of drug-likeness (QED) is 0.526. The Hall–Kier alpha value is -3.47. The van der Waals surface area contributed by atoms with Crippen LogP contribution >= 0.6 is 0 Å². The smallest absolute Gasteiger partial charge is 0.321 e. The third-order valence-corrected chi connectivity index (χ3v) is 8.96. The Morgan fingerprint density at radius 1 is 1.08 bits per heavy atom. The van der Waals surface area contributed by atoms with E-state index < -0.39 is 21.9 Å². The molecule has 3 heterocycles. The van der Waals surface area contributed by atoms with Gasteiger partial charge in [0.05, 0.1) is 10.6 Å². The molecule has 1 aromatic heterocycles. The van der Waals surface area contributed by atoms with E-state index in [4.69, 9.17) is 4.52 Å². The molecule has 0 radical (unpaired) electrons. The van der Waals surface area contributed by atoms with Crippen molar-refractivity contribution < 1.29 is 26.5 Å². The standard InChI is InChI=1S/C25H26F2N4O4S/c1-16-22(17(2)35-29-16)28-24(32)30-13-11-25(12-14-30)15-31(21-6-4-3-5-20(21)25)36(33,34)19-9-7-18(8-10-19)23(26)27/h3-10,23H,11-15H2,1-2H3,(H,28,32). The zero-order chi connectivity index (χ0) is 25.7. The molecule has 0 saturated carbocycles. The van der Waals surface area contributed by atoms with Gasteiger partial charge in [0.1, 0.15) is 11.4 Å². The fraction of sp³-hybridized carbons (Fsp3) is 0.360. The maximum absolute atomic E-state index is 13.6. The number of halogens is 2. The predicted octanol–water partition coefficient (Wildman–Crippen LogP) is 5.00. The van der Waals surface area contributed by atoms with Crippen LogP contribution in [0.4, 0.5) is 25.0 Å². The molecule has 2 aliphatic heterocycles. The van der Waals surface area contributed by atoms with Crippen molar-refractivity contribution in [3.05, 3.63) is 71.1 Å². The van der Waals surface area contributed by atoms with E-state index in [0.717, 1.165) is 17.7 Å². The van der Waals surface area contributed by atoms with E-state index in [1.807, 2.05) is 12.1 Å². The number of urea groups is 1.